The summed E-state index contributed by atoms with van der Waals surface area (Å²) >= 11 is 0. The zero-order chi connectivity index (χ0) is 16.5. The van der Waals surface area contributed by atoms with Crippen molar-refractivity contribution in [3.63, 3.8) is 0 Å². The van der Waals surface area contributed by atoms with E-state index in [9.17, 15) is 4.79 Å². The number of hydrogen-bond donors (Lipinski definition) is 1. The summed E-state index contributed by atoms with van der Waals surface area (Å²) in [7, 11) is 0. The highest BCUT2D eigenvalue weighted by Crippen LogP contribution is 2.28. The summed E-state index contributed by atoms with van der Waals surface area (Å²) in [5, 5.41) is 3.01. The lowest BCUT2D eigenvalue weighted by atomic mass is 10.0. The van der Waals surface area contributed by atoms with Crippen LogP contribution in [0.25, 0.3) is 5.65 Å². The number of aromatic nitrogens is 2. The average molecular weight is 326 g/mol. The van der Waals surface area contributed by atoms with Crippen LogP contribution in [0, 0.1) is 6.92 Å². The van der Waals surface area contributed by atoms with E-state index in [-0.39, 0.29) is 11.9 Å². The average Bonchev–Trinajstić information content (AvgIpc) is 2.92. The molecule has 0 radical (unpaired) electrons. The third kappa shape index (κ3) is 2.72. The summed E-state index contributed by atoms with van der Waals surface area (Å²) in [6, 6.07) is 5.59. The van der Waals surface area contributed by atoms with Crippen molar-refractivity contribution in [2.75, 3.05) is 32.8 Å². The molecule has 1 saturated heterocycles. The Morgan fingerprint density at radius 2 is 2.33 bits per heavy atom. The topological polar surface area (TPSA) is 58.9 Å². The molecule has 1 unspecified atom stereocenters. The molecule has 2 aliphatic heterocycles. The molecule has 0 aromatic carbocycles. The monoisotopic (exact) mass is 326 g/mol. The number of carbonyl (C=O) groups is 1. The van der Waals surface area contributed by atoms with E-state index < -0.39 is 0 Å². The van der Waals surface area contributed by atoms with Gasteiger partial charge in [0.05, 0.1) is 24.6 Å². The van der Waals surface area contributed by atoms with Gasteiger partial charge in [-0.2, -0.15) is 0 Å². The predicted octanol–water partition coefficient (Wildman–Crippen LogP) is 1.46. The van der Waals surface area contributed by atoms with Crippen molar-refractivity contribution in [1.82, 2.24) is 19.6 Å². The maximum Gasteiger partial charge on any atom is 0.243 e. The van der Waals surface area contributed by atoms with Crippen molar-refractivity contribution in [1.29, 1.82) is 0 Å². The van der Waals surface area contributed by atoms with Gasteiger partial charge >= 0.3 is 0 Å². The van der Waals surface area contributed by atoms with E-state index in [0.29, 0.717) is 13.2 Å². The number of ether oxygens (including phenoxy) is 1. The van der Waals surface area contributed by atoms with Gasteiger partial charge in [-0.3, -0.25) is 9.69 Å². The minimum Gasteiger partial charge on any atom is -0.377 e. The Hall–Kier alpha value is -2.18. The summed E-state index contributed by atoms with van der Waals surface area (Å²) in [5.74, 6) is 0.0485. The van der Waals surface area contributed by atoms with E-state index in [1.165, 1.54) is 5.57 Å². The summed E-state index contributed by atoms with van der Waals surface area (Å²) in [4.78, 5) is 19.6. The molecule has 4 heterocycles. The van der Waals surface area contributed by atoms with Gasteiger partial charge in [-0.25, -0.2) is 4.98 Å². The molecule has 0 spiro atoms. The molecule has 2 aliphatic rings. The second-order valence-corrected chi connectivity index (χ2v) is 6.38. The van der Waals surface area contributed by atoms with E-state index in [4.69, 9.17) is 4.74 Å². The molecule has 4 rings (SSSR count). The number of nitrogens with zero attached hydrogens (tertiary/aromatic N) is 3. The van der Waals surface area contributed by atoms with Crippen molar-refractivity contribution in [3.8, 4) is 0 Å². The first-order valence-electron chi connectivity index (χ1n) is 8.45. The highest BCUT2D eigenvalue weighted by Gasteiger charge is 2.35. The van der Waals surface area contributed by atoms with Crippen LogP contribution < -0.4 is 5.32 Å². The third-order valence-corrected chi connectivity index (χ3v) is 4.71. The van der Waals surface area contributed by atoms with Crippen molar-refractivity contribution >= 4 is 11.6 Å². The quantitative estimate of drug-likeness (QED) is 0.868. The number of rotatable bonds is 3. The van der Waals surface area contributed by atoms with Crippen LogP contribution in [0.2, 0.25) is 0 Å². The molecule has 0 aliphatic carbocycles. The third-order valence-electron chi connectivity index (χ3n) is 4.71. The van der Waals surface area contributed by atoms with E-state index in [1.807, 2.05) is 35.7 Å². The molecule has 1 fully saturated rings. The molecule has 2 aromatic heterocycles. The number of piperazine rings is 1. The fourth-order valence-electron chi connectivity index (χ4n) is 3.62. The minimum absolute atomic E-state index is 0.0485. The van der Waals surface area contributed by atoms with Gasteiger partial charge in [0, 0.05) is 25.8 Å². The Balaban J connectivity index is 1.72. The van der Waals surface area contributed by atoms with Crippen LogP contribution in [0.4, 0.5) is 0 Å². The van der Waals surface area contributed by atoms with Crippen LogP contribution in [-0.4, -0.2) is 53.0 Å². The number of amides is 1. The van der Waals surface area contributed by atoms with Crippen molar-refractivity contribution in [2.24, 2.45) is 0 Å². The molecular formula is C18H22N4O2. The van der Waals surface area contributed by atoms with E-state index >= 15 is 0 Å². The molecule has 1 atom stereocenters. The minimum atomic E-state index is -0.320. The molecule has 24 heavy (non-hydrogen) atoms. The second kappa shape index (κ2) is 6.37. The Bertz CT molecular complexity index is 795. The molecule has 0 bridgehead atoms. The Kier molecular flexibility index (Phi) is 4.08. The lowest BCUT2D eigenvalue weighted by Gasteiger charge is -2.36. The molecule has 6 heteroatoms. The second-order valence-electron chi connectivity index (χ2n) is 6.38. The highest BCUT2D eigenvalue weighted by atomic mass is 16.5. The van der Waals surface area contributed by atoms with Crippen molar-refractivity contribution in [2.45, 2.75) is 19.4 Å². The van der Waals surface area contributed by atoms with Gasteiger partial charge in [0.25, 0.3) is 0 Å². The summed E-state index contributed by atoms with van der Waals surface area (Å²) in [6.45, 7) is 5.70. The van der Waals surface area contributed by atoms with E-state index in [0.717, 1.165) is 43.2 Å². The van der Waals surface area contributed by atoms with E-state index in [2.05, 4.69) is 21.3 Å². The van der Waals surface area contributed by atoms with Crippen LogP contribution in [0.1, 0.15) is 23.9 Å². The summed E-state index contributed by atoms with van der Waals surface area (Å²) < 4.78 is 7.59. The largest absolute Gasteiger partial charge is 0.377 e. The molecule has 126 valence electrons. The van der Waals surface area contributed by atoms with E-state index in [1.54, 1.807) is 0 Å². The SMILES string of the molecule is Cc1nc2ccccn2c1C1C(=O)NCCN1CC1=CCCOC1. The van der Waals surface area contributed by atoms with Gasteiger partial charge in [0.1, 0.15) is 11.7 Å². The normalized spacial score (nSPS) is 22.5. The Morgan fingerprint density at radius 1 is 1.42 bits per heavy atom. The fourth-order valence-corrected chi connectivity index (χ4v) is 3.62. The van der Waals surface area contributed by atoms with Gasteiger partial charge in [0.15, 0.2) is 0 Å². The molecule has 1 amide bonds. The number of carbonyl (C=O) groups excluding carboxylic acids is 1. The number of aryl methyl sites for hydroxylation is 1. The molecule has 6 nitrogen and oxygen atoms in total. The predicted molar refractivity (Wildman–Crippen MR) is 90.8 cm³/mol. The van der Waals surface area contributed by atoms with Crippen LogP contribution in [-0.2, 0) is 9.53 Å². The zero-order valence-corrected chi connectivity index (χ0v) is 13.9. The lowest BCUT2D eigenvalue weighted by Crippen LogP contribution is -2.51. The van der Waals surface area contributed by atoms with Gasteiger partial charge < -0.3 is 14.5 Å². The number of nitrogens with one attached hydrogen (secondary N) is 1. The van der Waals surface area contributed by atoms with Crippen LogP contribution in [0.15, 0.2) is 36.0 Å². The number of hydrogen-bond acceptors (Lipinski definition) is 4. The van der Waals surface area contributed by atoms with Crippen LogP contribution in [0.5, 0.6) is 0 Å². The van der Waals surface area contributed by atoms with Gasteiger partial charge in [0.2, 0.25) is 5.91 Å². The van der Waals surface area contributed by atoms with Gasteiger partial charge in [-0.15, -0.1) is 0 Å². The first kappa shape index (κ1) is 15.4. The van der Waals surface area contributed by atoms with Crippen molar-refractivity contribution < 1.29 is 9.53 Å². The maximum absolute atomic E-state index is 12.7. The first-order chi connectivity index (χ1) is 11.7. The zero-order valence-electron chi connectivity index (χ0n) is 13.9. The number of imidazole rings is 1. The number of fused-ring (bicyclic) bond motifs is 1. The molecule has 0 saturated carbocycles. The molecule has 1 N–H and O–H groups in total. The van der Waals surface area contributed by atoms with Crippen molar-refractivity contribution in [3.05, 3.63) is 47.4 Å². The standard InChI is InChI=1S/C18H22N4O2/c1-13-16(22-8-3-2-6-15(22)20-13)17-18(23)19-7-9-21(17)11-14-5-4-10-24-12-14/h2-3,5-6,8,17H,4,7,9-12H2,1H3,(H,19,23). The summed E-state index contributed by atoms with van der Waals surface area (Å²) in [5.41, 5.74) is 4.00. The smallest absolute Gasteiger partial charge is 0.243 e. The number of pyridine rings is 1. The summed E-state index contributed by atoms with van der Waals surface area (Å²) in [6.07, 6.45) is 5.18. The van der Waals surface area contributed by atoms with Crippen LogP contribution >= 0.6 is 0 Å². The lowest BCUT2D eigenvalue weighted by molar-refractivity contribution is -0.129. The van der Waals surface area contributed by atoms with Crippen LogP contribution in [0.3, 0.4) is 0 Å². The fraction of sp³-hybridized carbons (Fsp3) is 0.444. The highest BCUT2D eigenvalue weighted by molar-refractivity contribution is 5.84. The molecular weight excluding hydrogens is 304 g/mol. The van der Waals surface area contributed by atoms with Gasteiger partial charge in [-0.1, -0.05) is 12.1 Å². The van der Waals surface area contributed by atoms with Gasteiger partial charge in [-0.05, 0) is 31.1 Å². The maximum atomic E-state index is 12.7. The Morgan fingerprint density at radius 3 is 3.17 bits per heavy atom. The molecule has 2 aromatic rings. The Labute approximate surface area is 141 Å². The first-order valence-corrected chi connectivity index (χ1v) is 8.45.